The molecule has 0 saturated carbocycles. The van der Waals surface area contributed by atoms with E-state index < -0.39 is 11.5 Å². The number of nitrogens with zero attached hydrogens (tertiary/aromatic N) is 4. The summed E-state index contributed by atoms with van der Waals surface area (Å²) >= 11 is 0. The van der Waals surface area contributed by atoms with Crippen molar-refractivity contribution in [3.63, 3.8) is 0 Å². The number of rotatable bonds is 5. The lowest BCUT2D eigenvalue weighted by atomic mass is 9.66. The van der Waals surface area contributed by atoms with Crippen molar-refractivity contribution < 1.29 is 14.3 Å². The maximum absolute atomic E-state index is 13.8. The molecule has 1 aromatic carbocycles. The van der Waals surface area contributed by atoms with Crippen LogP contribution in [0.4, 0.5) is 0 Å². The number of hydrogen-bond donors (Lipinski definition) is 1. The average Bonchev–Trinajstić information content (AvgIpc) is 3.17. The normalized spacial score (nSPS) is 23.0. The van der Waals surface area contributed by atoms with E-state index in [9.17, 15) is 9.59 Å². The number of amides is 2. The highest BCUT2D eigenvalue weighted by Crippen LogP contribution is 2.48. The molecule has 1 spiro atoms. The molecule has 8 heteroatoms. The van der Waals surface area contributed by atoms with E-state index in [0.29, 0.717) is 18.8 Å². The molecule has 0 radical (unpaired) electrons. The predicted molar refractivity (Wildman–Crippen MR) is 124 cm³/mol. The highest BCUT2D eigenvalue weighted by Gasteiger charge is 2.56. The minimum atomic E-state index is -0.542. The van der Waals surface area contributed by atoms with Crippen molar-refractivity contribution in [2.75, 3.05) is 26.3 Å². The third-order valence-corrected chi connectivity index (χ3v) is 7.39. The van der Waals surface area contributed by atoms with Gasteiger partial charge >= 0.3 is 0 Å². The maximum atomic E-state index is 13.8. The second-order valence-corrected chi connectivity index (χ2v) is 9.93. The second-order valence-electron chi connectivity index (χ2n) is 9.93. The van der Waals surface area contributed by atoms with Crippen LogP contribution in [-0.2, 0) is 23.1 Å². The van der Waals surface area contributed by atoms with Gasteiger partial charge in [-0.3, -0.25) is 19.2 Å². The number of aryl methyl sites for hydroxylation is 1. The van der Waals surface area contributed by atoms with Crippen molar-refractivity contribution in [3.05, 3.63) is 53.3 Å². The Morgan fingerprint density at radius 2 is 1.97 bits per heavy atom. The molecule has 3 aliphatic rings. The fourth-order valence-electron chi connectivity index (χ4n) is 5.88. The number of aromatic nitrogens is 2. The molecule has 1 atom stereocenters. The highest BCUT2D eigenvalue weighted by atomic mass is 16.5. The van der Waals surface area contributed by atoms with Gasteiger partial charge in [0.05, 0.1) is 36.9 Å². The Morgan fingerprint density at radius 3 is 2.58 bits per heavy atom. The van der Waals surface area contributed by atoms with Gasteiger partial charge in [0.1, 0.15) is 0 Å². The third kappa shape index (κ3) is 3.85. The smallest absolute Gasteiger partial charge is 0.254 e. The number of carbonyl (C=O) groups is 2. The lowest BCUT2D eigenvalue weighted by molar-refractivity contribution is -0.132. The molecular weight excluding hydrogens is 418 g/mol. The standard InChI is InChI=1S/C25H33N5O3/c1-17(2)30-24(32)21-7-5-4-6-20(21)22(23(31)27-19-15-33-16-19)25(30)8-10-29(11-9-25)14-18-12-26-28(3)13-18/h4-7,12-13,17,19,22H,8-11,14-16H2,1-3H3,(H,27,31). The summed E-state index contributed by atoms with van der Waals surface area (Å²) in [5.74, 6) is -0.345. The van der Waals surface area contributed by atoms with Gasteiger partial charge in [0.25, 0.3) is 5.91 Å². The Hall–Kier alpha value is -2.71. The van der Waals surface area contributed by atoms with Crippen LogP contribution in [0, 0.1) is 0 Å². The van der Waals surface area contributed by atoms with Gasteiger partial charge in [-0.2, -0.15) is 5.10 Å². The van der Waals surface area contributed by atoms with Gasteiger partial charge in [-0.15, -0.1) is 0 Å². The van der Waals surface area contributed by atoms with E-state index >= 15 is 0 Å². The Labute approximate surface area is 194 Å². The minimum Gasteiger partial charge on any atom is -0.377 e. The Kier molecular flexibility index (Phi) is 5.74. The number of ether oxygens (including phenoxy) is 1. The van der Waals surface area contributed by atoms with Crippen LogP contribution in [0.2, 0.25) is 0 Å². The van der Waals surface area contributed by atoms with Crippen molar-refractivity contribution in [3.8, 4) is 0 Å². The number of hydrogen-bond acceptors (Lipinski definition) is 5. The van der Waals surface area contributed by atoms with Gasteiger partial charge in [0.2, 0.25) is 5.91 Å². The van der Waals surface area contributed by atoms with Crippen molar-refractivity contribution in [1.82, 2.24) is 24.9 Å². The first-order valence-corrected chi connectivity index (χ1v) is 11.9. The molecule has 8 nitrogen and oxygen atoms in total. The van der Waals surface area contributed by atoms with Crippen LogP contribution in [0.25, 0.3) is 0 Å². The molecular formula is C25H33N5O3. The summed E-state index contributed by atoms with van der Waals surface area (Å²) in [4.78, 5) is 31.9. The molecule has 1 aromatic heterocycles. The molecule has 176 valence electrons. The molecule has 1 unspecified atom stereocenters. The molecule has 33 heavy (non-hydrogen) atoms. The molecule has 2 amide bonds. The van der Waals surface area contributed by atoms with Crippen molar-refractivity contribution in [2.45, 2.75) is 56.8 Å². The summed E-state index contributed by atoms with van der Waals surface area (Å²) in [6.45, 7) is 7.70. The van der Waals surface area contributed by atoms with Gasteiger partial charge in [-0.25, -0.2) is 0 Å². The zero-order valence-electron chi connectivity index (χ0n) is 19.7. The van der Waals surface area contributed by atoms with Crippen LogP contribution in [0.5, 0.6) is 0 Å². The number of likely N-dealkylation sites (tertiary alicyclic amines) is 1. The molecule has 1 N–H and O–H groups in total. The molecule has 2 saturated heterocycles. The first kappa shape index (κ1) is 22.1. The summed E-state index contributed by atoms with van der Waals surface area (Å²) in [7, 11) is 1.93. The number of piperidine rings is 1. The van der Waals surface area contributed by atoms with Crippen LogP contribution in [0.1, 0.15) is 54.1 Å². The summed E-state index contributed by atoms with van der Waals surface area (Å²) in [5, 5.41) is 7.49. The quantitative estimate of drug-likeness (QED) is 0.751. The van der Waals surface area contributed by atoms with Gasteiger partial charge in [0.15, 0.2) is 0 Å². The van der Waals surface area contributed by atoms with Crippen molar-refractivity contribution in [1.29, 1.82) is 0 Å². The zero-order valence-corrected chi connectivity index (χ0v) is 19.7. The first-order chi connectivity index (χ1) is 15.9. The first-order valence-electron chi connectivity index (χ1n) is 11.9. The van der Waals surface area contributed by atoms with Crippen LogP contribution < -0.4 is 5.32 Å². The number of carbonyl (C=O) groups excluding carboxylic acids is 2. The van der Waals surface area contributed by atoms with E-state index in [-0.39, 0.29) is 23.9 Å². The molecule has 2 fully saturated rings. The summed E-state index contributed by atoms with van der Waals surface area (Å²) in [6.07, 6.45) is 5.46. The summed E-state index contributed by atoms with van der Waals surface area (Å²) < 4.78 is 7.11. The van der Waals surface area contributed by atoms with E-state index in [4.69, 9.17) is 4.74 Å². The van der Waals surface area contributed by atoms with Gasteiger partial charge in [-0.05, 0) is 38.3 Å². The van der Waals surface area contributed by atoms with E-state index in [1.54, 1.807) is 0 Å². The number of fused-ring (bicyclic) bond motifs is 1. The Morgan fingerprint density at radius 1 is 1.24 bits per heavy atom. The van der Waals surface area contributed by atoms with Crippen LogP contribution in [-0.4, -0.2) is 75.3 Å². The predicted octanol–water partition coefficient (Wildman–Crippen LogP) is 1.92. The topological polar surface area (TPSA) is 79.7 Å². The molecule has 5 rings (SSSR count). The van der Waals surface area contributed by atoms with Gasteiger partial charge in [0, 0.05) is 50.0 Å². The number of benzene rings is 1. The SMILES string of the molecule is CC(C)N1C(=O)c2ccccc2C(C(=O)NC2COC2)C12CCN(Cc1cnn(C)c1)CC2. The van der Waals surface area contributed by atoms with Crippen LogP contribution >= 0.6 is 0 Å². The van der Waals surface area contributed by atoms with Crippen LogP contribution in [0.3, 0.4) is 0 Å². The minimum absolute atomic E-state index is 0.00179. The molecule has 0 aliphatic carbocycles. The Bertz CT molecular complexity index is 1040. The van der Waals surface area contributed by atoms with E-state index in [1.165, 1.54) is 5.56 Å². The summed E-state index contributed by atoms with van der Waals surface area (Å²) in [6, 6.07) is 7.71. The maximum Gasteiger partial charge on any atom is 0.254 e. The molecule has 2 aromatic rings. The van der Waals surface area contributed by atoms with E-state index in [1.807, 2.05) is 53.3 Å². The van der Waals surface area contributed by atoms with Crippen LogP contribution in [0.15, 0.2) is 36.7 Å². The Balaban J connectivity index is 1.49. The highest BCUT2D eigenvalue weighted by molar-refractivity contribution is 6.02. The van der Waals surface area contributed by atoms with Gasteiger partial charge in [-0.1, -0.05) is 18.2 Å². The van der Waals surface area contributed by atoms with E-state index in [0.717, 1.165) is 38.0 Å². The van der Waals surface area contributed by atoms with Gasteiger partial charge < -0.3 is 15.0 Å². The molecule has 4 heterocycles. The fourth-order valence-corrected chi connectivity index (χ4v) is 5.88. The monoisotopic (exact) mass is 451 g/mol. The largest absolute Gasteiger partial charge is 0.377 e. The average molecular weight is 452 g/mol. The van der Waals surface area contributed by atoms with Crippen molar-refractivity contribution in [2.24, 2.45) is 7.05 Å². The lowest BCUT2D eigenvalue weighted by Crippen LogP contribution is -2.67. The number of nitrogens with one attached hydrogen (secondary N) is 1. The van der Waals surface area contributed by atoms with Crippen molar-refractivity contribution >= 4 is 11.8 Å². The second kappa shape index (κ2) is 8.57. The third-order valence-electron chi connectivity index (χ3n) is 7.39. The fraction of sp³-hybridized carbons (Fsp3) is 0.560. The van der Waals surface area contributed by atoms with E-state index in [2.05, 4.69) is 29.2 Å². The summed E-state index contributed by atoms with van der Waals surface area (Å²) in [5.41, 5.74) is 2.15. The lowest BCUT2D eigenvalue weighted by Gasteiger charge is -2.56. The molecule has 3 aliphatic heterocycles. The molecule has 0 bridgehead atoms. The zero-order chi connectivity index (χ0) is 23.2.